The maximum Gasteiger partial charge on any atom is 0.339 e. The summed E-state index contributed by atoms with van der Waals surface area (Å²) < 4.78 is 11.0. The zero-order chi connectivity index (χ0) is 24.2. The zero-order valence-corrected chi connectivity index (χ0v) is 19.5. The number of benzene rings is 2. The van der Waals surface area contributed by atoms with Crippen LogP contribution in [-0.2, 0) is 16.0 Å². The summed E-state index contributed by atoms with van der Waals surface area (Å²) >= 11 is 0. The SMILES string of the molecule is CC(NC(=O)COC(=O)c1c2c(nc3ccccc13)C(=Cc1ccco1)CCC2)c1ccccc1. The summed E-state index contributed by atoms with van der Waals surface area (Å²) in [5.74, 6) is -0.113. The Kier molecular flexibility index (Phi) is 6.44. The van der Waals surface area contributed by atoms with Crippen LogP contribution in [0.2, 0.25) is 0 Å². The van der Waals surface area contributed by atoms with Crippen LogP contribution in [0, 0.1) is 0 Å². The van der Waals surface area contributed by atoms with Gasteiger partial charge in [0.2, 0.25) is 0 Å². The van der Waals surface area contributed by atoms with Crippen LogP contribution in [0.4, 0.5) is 0 Å². The molecular weight excluding hydrogens is 440 g/mol. The Balaban J connectivity index is 1.41. The van der Waals surface area contributed by atoms with Crippen LogP contribution in [0.1, 0.15) is 58.7 Å². The molecule has 1 aliphatic carbocycles. The lowest BCUT2D eigenvalue weighted by Crippen LogP contribution is -2.31. The number of nitrogens with one attached hydrogen (secondary N) is 1. The topological polar surface area (TPSA) is 81.4 Å². The van der Waals surface area contributed by atoms with Crippen molar-refractivity contribution in [3.8, 4) is 0 Å². The quantitative estimate of drug-likeness (QED) is 0.367. The molecule has 0 radical (unpaired) electrons. The van der Waals surface area contributed by atoms with Gasteiger partial charge in [0.1, 0.15) is 5.76 Å². The van der Waals surface area contributed by atoms with E-state index in [-0.39, 0.29) is 18.6 Å². The van der Waals surface area contributed by atoms with Gasteiger partial charge in [-0.3, -0.25) is 4.79 Å². The predicted octanol–water partition coefficient (Wildman–Crippen LogP) is 5.74. The molecule has 0 spiro atoms. The van der Waals surface area contributed by atoms with Crippen molar-refractivity contribution < 1.29 is 18.7 Å². The van der Waals surface area contributed by atoms with E-state index in [0.29, 0.717) is 17.5 Å². The summed E-state index contributed by atoms with van der Waals surface area (Å²) in [6.07, 6.45) is 6.05. The van der Waals surface area contributed by atoms with Gasteiger partial charge in [0, 0.05) is 5.39 Å². The number of carbonyl (C=O) groups is 2. The van der Waals surface area contributed by atoms with Crippen molar-refractivity contribution in [2.24, 2.45) is 0 Å². The molecular formula is C29H26N2O4. The van der Waals surface area contributed by atoms with Crippen LogP contribution in [0.3, 0.4) is 0 Å². The Bertz CT molecular complexity index is 1390. The number of esters is 1. The third-order valence-corrected chi connectivity index (χ3v) is 6.25. The number of amides is 1. The molecule has 1 amide bonds. The highest BCUT2D eigenvalue weighted by Gasteiger charge is 2.26. The summed E-state index contributed by atoms with van der Waals surface area (Å²) in [7, 11) is 0. The smallest absolute Gasteiger partial charge is 0.339 e. The number of para-hydroxylation sites is 1. The van der Waals surface area contributed by atoms with Gasteiger partial charge in [0.05, 0.1) is 29.1 Å². The van der Waals surface area contributed by atoms with Crippen molar-refractivity contribution in [1.29, 1.82) is 0 Å². The van der Waals surface area contributed by atoms with E-state index >= 15 is 0 Å². The predicted molar refractivity (Wildman–Crippen MR) is 135 cm³/mol. The first-order valence-corrected chi connectivity index (χ1v) is 11.8. The molecule has 0 fully saturated rings. The first-order valence-electron chi connectivity index (χ1n) is 11.8. The van der Waals surface area contributed by atoms with Crippen molar-refractivity contribution >= 4 is 34.4 Å². The average molecular weight is 467 g/mol. The van der Waals surface area contributed by atoms with Crippen LogP contribution in [0.25, 0.3) is 22.6 Å². The number of aromatic nitrogens is 1. The molecule has 2 aromatic heterocycles. The Morgan fingerprint density at radius 2 is 1.86 bits per heavy atom. The van der Waals surface area contributed by atoms with Crippen molar-refractivity contribution in [3.05, 3.63) is 101 Å². The van der Waals surface area contributed by atoms with Crippen molar-refractivity contribution in [2.45, 2.75) is 32.2 Å². The summed E-state index contributed by atoms with van der Waals surface area (Å²) in [4.78, 5) is 30.8. The molecule has 2 aromatic carbocycles. The first-order chi connectivity index (χ1) is 17.1. The van der Waals surface area contributed by atoms with E-state index in [9.17, 15) is 9.59 Å². The molecule has 4 aromatic rings. The number of rotatable bonds is 6. The molecule has 1 atom stereocenters. The van der Waals surface area contributed by atoms with Crippen LogP contribution in [0.5, 0.6) is 0 Å². The average Bonchev–Trinajstić information content (AvgIpc) is 3.40. The monoisotopic (exact) mass is 466 g/mol. The maximum atomic E-state index is 13.3. The van der Waals surface area contributed by atoms with Gasteiger partial charge in [-0.15, -0.1) is 0 Å². The number of furan rings is 1. The Labute approximate surface area is 203 Å². The highest BCUT2D eigenvalue weighted by molar-refractivity contribution is 6.07. The van der Waals surface area contributed by atoms with Crippen molar-refractivity contribution in [2.75, 3.05) is 6.61 Å². The van der Waals surface area contributed by atoms with E-state index in [1.807, 2.05) is 79.7 Å². The summed E-state index contributed by atoms with van der Waals surface area (Å²) in [6.45, 7) is 1.55. The van der Waals surface area contributed by atoms with Crippen LogP contribution < -0.4 is 5.32 Å². The minimum Gasteiger partial charge on any atom is -0.465 e. The Hall–Kier alpha value is -4.19. The Morgan fingerprint density at radius 3 is 2.66 bits per heavy atom. The highest BCUT2D eigenvalue weighted by Crippen LogP contribution is 2.36. The molecule has 0 saturated heterocycles. The molecule has 2 heterocycles. The number of hydrogen-bond donors (Lipinski definition) is 1. The second-order valence-corrected chi connectivity index (χ2v) is 8.65. The normalized spacial score (nSPS) is 14.9. The lowest BCUT2D eigenvalue weighted by Gasteiger charge is -2.22. The minimum absolute atomic E-state index is 0.189. The fourth-order valence-corrected chi connectivity index (χ4v) is 4.56. The fourth-order valence-electron chi connectivity index (χ4n) is 4.56. The molecule has 1 aliphatic rings. The molecule has 1 N–H and O–H groups in total. The van der Waals surface area contributed by atoms with Crippen LogP contribution in [-0.4, -0.2) is 23.5 Å². The number of pyridine rings is 1. The van der Waals surface area contributed by atoms with E-state index < -0.39 is 5.97 Å². The second kappa shape index (κ2) is 9.97. The third-order valence-electron chi connectivity index (χ3n) is 6.25. The maximum absolute atomic E-state index is 13.3. The molecule has 5 rings (SSSR count). The number of fused-ring (bicyclic) bond motifs is 2. The van der Waals surface area contributed by atoms with Gasteiger partial charge in [-0.05, 0) is 67.2 Å². The van der Waals surface area contributed by atoms with Crippen LogP contribution in [0.15, 0.2) is 77.4 Å². The second-order valence-electron chi connectivity index (χ2n) is 8.65. The molecule has 35 heavy (non-hydrogen) atoms. The fraction of sp³-hybridized carbons (Fsp3) is 0.207. The molecule has 6 heteroatoms. The summed E-state index contributed by atoms with van der Waals surface area (Å²) in [5, 5.41) is 3.62. The van der Waals surface area contributed by atoms with Gasteiger partial charge in [0.15, 0.2) is 6.61 Å². The van der Waals surface area contributed by atoms with Crippen LogP contribution >= 0.6 is 0 Å². The molecule has 6 nitrogen and oxygen atoms in total. The summed E-state index contributed by atoms with van der Waals surface area (Å²) in [6, 6.07) is 20.7. The number of ether oxygens (including phenoxy) is 1. The highest BCUT2D eigenvalue weighted by atomic mass is 16.5. The molecule has 0 saturated carbocycles. The number of nitrogens with zero attached hydrogens (tertiary/aromatic N) is 1. The summed E-state index contributed by atoms with van der Waals surface area (Å²) in [5.41, 5.74) is 4.86. The number of hydrogen-bond acceptors (Lipinski definition) is 5. The van der Waals surface area contributed by atoms with E-state index in [4.69, 9.17) is 14.1 Å². The van der Waals surface area contributed by atoms with Gasteiger partial charge < -0.3 is 14.5 Å². The molecule has 176 valence electrons. The zero-order valence-electron chi connectivity index (χ0n) is 19.5. The van der Waals surface area contributed by atoms with E-state index in [2.05, 4.69) is 5.32 Å². The number of allylic oxidation sites excluding steroid dienone is 1. The third kappa shape index (κ3) is 4.87. The lowest BCUT2D eigenvalue weighted by molar-refractivity contribution is -0.124. The van der Waals surface area contributed by atoms with Crippen molar-refractivity contribution in [1.82, 2.24) is 10.3 Å². The van der Waals surface area contributed by atoms with Gasteiger partial charge in [-0.2, -0.15) is 0 Å². The van der Waals surface area contributed by atoms with E-state index in [0.717, 1.165) is 46.4 Å². The Morgan fingerprint density at radius 1 is 1.06 bits per heavy atom. The molecule has 0 bridgehead atoms. The minimum atomic E-state index is -0.512. The first kappa shape index (κ1) is 22.6. The number of carbonyl (C=O) groups excluding carboxylic acids is 2. The van der Waals surface area contributed by atoms with Gasteiger partial charge in [0.25, 0.3) is 5.91 Å². The van der Waals surface area contributed by atoms with Crippen molar-refractivity contribution in [3.63, 3.8) is 0 Å². The lowest BCUT2D eigenvalue weighted by atomic mass is 9.86. The van der Waals surface area contributed by atoms with Gasteiger partial charge in [-0.1, -0.05) is 48.5 Å². The largest absolute Gasteiger partial charge is 0.465 e. The van der Waals surface area contributed by atoms with Gasteiger partial charge in [-0.25, -0.2) is 9.78 Å². The van der Waals surface area contributed by atoms with Gasteiger partial charge >= 0.3 is 5.97 Å². The molecule has 0 aliphatic heterocycles. The molecule has 1 unspecified atom stereocenters. The standard InChI is InChI=1S/C29H26N2O4/c1-19(20-9-3-2-4-10-20)30-26(32)18-35-29(33)27-23-13-5-6-15-25(23)31-28-21(11-7-14-24(27)28)17-22-12-8-16-34-22/h2-6,8-10,12-13,15-17,19H,7,11,14,18H2,1H3,(H,30,32). The van der Waals surface area contributed by atoms with E-state index in [1.165, 1.54) is 0 Å². The van der Waals surface area contributed by atoms with E-state index in [1.54, 1.807) is 6.26 Å².